The summed E-state index contributed by atoms with van der Waals surface area (Å²) in [4.78, 5) is 17.7. The summed E-state index contributed by atoms with van der Waals surface area (Å²) < 4.78 is 0.876. The average molecular weight is 450 g/mol. The highest BCUT2D eigenvalue weighted by Gasteiger charge is 2.35. The van der Waals surface area contributed by atoms with E-state index < -0.39 is 6.17 Å². The summed E-state index contributed by atoms with van der Waals surface area (Å²) in [6.45, 7) is 2.01. The van der Waals surface area contributed by atoms with E-state index in [9.17, 15) is 4.79 Å². The molecule has 2 aliphatic rings. The van der Waals surface area contributed by atoms with Gasteiger partial charge in [-0.25, -0.2) is 5.01 Å². The van der Waals surface area contributed by atoms with Gasteiger partial charge >= 0.3 is 0 Å². The molecule has 0 saturated heterocycles. The quantitative estimate of drug-likeness (QED) is 0.767. The van der Waals surface area contributed by atoms with Gasteiger partial charge in [0.25, 0.3) is 5.91 Å². The molecule has 1 amide bonds. The van der Waals surface area contributed by atoms with Crippen molar-refractivity contribution >= 4 is 56.1 Å². The van der Waals surface area contributed by atoms with Crippen LogP contribution in [0.25, 0.3) is 5.70 Å². The second-order valence-electron chi connectivity index (χ2n) is 5.67. The van der Waals surface area contributed by atoms with Crippen LogP contribution in [0.5, 0.6) is 0 Å². The van der Waals surface area contributed by atoms with E-state index in [0.717, 1.165) is 26.4 Å². The number of nitrogens with one attached hydrogen (secondary N) is 1. The Bertz CT molecular complexity index is 1060. The molecule has 132 valence electrons. The topological polar surface area (TPSA) is 57.1 Å². The van der Waals surface area contributed by atoms with Gasteiger partial charge in [0.15, 0.2) is 11.3 Å². The molecule has 0 fully saturated rings. The number of thioether (sulfide) groups is 1. The van der Waals surface area contributed by atoms with Gasteiger partial charge in [0.1, 0.15) is 5.70 Å². The minimum Gasteiger partial charge on any atom is -0.298 e. The van der Waals surface area contributed by atoms with Crippen LogP contribution in [-0.4, -0.2) is 21.8 Å². The molecule has 4 rings (SSSR count). The van der Waals surface area contributed by atoms with Crippen molar-refractivity contribution in [3.63, 3.8) is 0 Å². The molecule has 0 aliphatic carbocycles. The molecule has 0 radical (unpaired) electrons. The average Bonchev–Trinajstić information content (AvgIpc) is 2.62. The minimum atomic E-state index is -0.495. The fraction of sp³-hybridized carbons (Fsp3) is 0.167. The molecule has 8 heteroatoms. The van der Waals surface area contributed by atoms with E-state index in [1.807, 2.05) is 49.4 Å². The molecule has 1 atom stereocenters. The van der Waals surface area contributed by atoms with Gasteiger partial charge in [-0.1, -0.05) is 64.4 Å². The zero-order valence-electron chi connectivity index (χ0n) is 13.7. The van der Waals surface area contributed by atoms with Crippen LogP contribution in [0.1, 0.15) is 18.7 Å². The molecule has 26 heavy (non-hydrogen) atoms. The lowest BCUT2D eigenvalue weighted by molar-refractivity contribution is -0.116. The zero-order valence-corrected chi connectivity index (χ0v) is 16.9. The standard InChI is InChI=1S/C18H14BrClN4OS/c1-2-26-18-22-17(25)15-12-9-10(19)7-8-14(12)21-16(24(15)23-18)11-5-3-4-6-13(11)20/h3-9,16H,2H2,1H3,(H,22,23,25)/t16-/m0/s1. The van der Waals surface area contributed by atoms with E-state index in [-0.39, 0.29) is 5.91 Å². The smallest absolute Gasteiger partial charge is 0.276 e. The van der Waals surface area contributed by atoms with E-state index in [1.165, 1.54) is 11.8 Å². The number of carbonyl (C=O) groups excluding carboxylic acids is 1. The van der Waals surface area contributed by atoms with E-state index >= 15 is 0 Å². The van der Waals surface area contributed by atoms with Gasteiger partial charge in [0.05, 0.1) is 5.36 Å². The molecule has 2 aliphatic heterocycles. The fourth-order valence-corrected chi connectivity index (χ4v) is 4.12. The zero-order chi connectivity index (χ0) is 18.3. The highest BCUT2D eigenvalue weighted by atomic mass is 79.9. The van der Waals surface area contributed by atoms with Gasteiger partial charge in [-0.2, -0.15) is 0 Å². The predicted octanol–water partition coefficient (Wildman–Crippen LogP) is 3.00. The number of hydrogen-bond acceptors (Lipinski definition) is 5. The Morgan fingerprint density at radius 1 is 1.31 bits per heavy atom. The normalized spacial score (nSPS) is 18.5. The summed E-state index contributed by atoms with van der Waals surface area (Å²) in [5.74, 6) is 0.612. The molecule has 0 unspecified atom stereocenters. The lowest BCUT2D eigenvalue weighted by Gasteiger charge is -2.34. The first-order valence-electron chi connectivity index (χ1n) is 8.02. The van der Waals surface area contributed by atoms with Gasteiger partial charge in [-0.15, -0.1) is 5.10 Å². The maximum Gasteiger partial charge on any atom is 0.276 e. The third-order valence-electron chi connectivity index (χ3n) is 4.03. The maximum atomic E-state index is 12.9. The fourth-order valence-electron chi connectivity index (χ4n) is 2.94. The number of amidine groups is 1. The number of benzene rings is 2. The van der Waals surface area contributed by atoms with Crippen LogP contribution in [0.4, 0.5) is 0 Å². The molecule has 0 bridgehead atoms. The second-order valence-corrected chi connectivity index (χ2v) is 8.25. The highest BCUT2D eigenvalue weighted by molar-refractivity contribution is 9.10. The molecule has 0 spiro atoms. The Morgan fingerprint density at radius 3 is 2.88 bits per heavy atom. The predicted molar refractivity (Wildman–Crippen MR) is 108 cm³/mol. The molecule has 0 aromatic heterocycles. The summed E-state index contributed by atoms with van der Waals surface area (Å²) in [6, 6.07) is 13.2. The summed E-state index contributed by atoms with van der Waals surface area (Å²) in [7, 11) is 0. The lowest BCUT2D eigenvalue weighted by Crippen LogP contribution is -2.50. The summed E-state index contributed by atoms with van der Waals surface area (Å²) in [5, 5.41) is 11.8. The van der Waals surface area contributed by atoms with Crippen molar-refractivity contribution in [2.24, 2.45) is 10.1 Å². The van der Waals surface area contributed by atoms with Crippen LogP contribution in [0.2, 0.25) is 5.02 Å². The van der Waals surface area contributed by atoms with E-state index in [4.69, 9.17) is 16.6 Å². The monoisotopic (exact) mass is 448 g/mol. The summed E-state index contributed by atoms with van der Waals surface area (Å²) in [6.07, 6.45) is -0.495. The Balaban J connectivity index is 2.00. The van der Waals surface area contributed by atoms with Crippen molar-refractivity contribution in [2.75, 3.05) is 5.75 Å². The van der Waals surface area contributed by atoms with Crippen LogP contribution in [0.3, 0.4) is 0 Å². The third-order valence-corrected chi connectivity index (χ3v) is 5.62. The minimum absolute atomic E-state index is 0.192. The lowest BCUT2D eigenvalue weighted by atomic mass is 10.1. The van der Waals surface area contributed by atoms with Crippen LogP contribution >= 0.6 is 39.3 Å². The van der Waals surface area contributed by atoms with Crippen molar-refractivity contribution < 1.29 is 4.79 Å². The number of rotatable bonds is 2. The summed E-state index contributed by atoms with van der Waals surface area (Å²) >= 11 is 11.4. The largest absolute Gasteiger partial charge is 0.298 e. The van der Waals surface area contributed by atoms with Gasteiger partial charge in [0.2, 0.25) is 0 Å². The van der Waals surface area contributed by atoms with Crippen LogP contribution in [-0.2, 0) is 4.79 Å². The first-order chi connectivity index (χ1) is 12.6. The van der Waals surface area contributed by atoms with Crippen molar-refractivity contribution in [2.45, 2.75) is 13.1 Å². The summed E-state index contributed by atoms with van der Waals surface area (Å²) in [5.41, 5.74) is 1.28. The maximum absolute atomic E-state index is 12.9. The number of fused-ring (bicyclic) bond motifs is 2. The third kappa shape index (κ3) is 3.04. The van der Waals surface area contributed by atoms with E-state index in [2.05, 4.69) is 26.3 Å². The van der Waals surface area contributed by atoms with E-state index in [0.29, 0.717) is 15.9 Å². The van der Waals surface area contributed by atoms with Gasteiger partial charge in [-0.05, 0) is 30.0 Å². The van der Waals surface area contributed by atoms with Crippen LogP contribution in [0.15, 0.2) is 57.0 Å². The SMILES string of the molecule is CCSC1=NN2C(=c3cc(Br)ccc3=N[C@@H]2c2ccccc2Cl)C(=O)N1. The first-order valence-corrected chi connectivity index (χ1v) is 10.2. The van der Waals surface area contributed by atoms with Gasteiger partial charge in [0, 0.05) is 20.3 Å². The van der Waals surface area contributed by atoms with Crippen molar-refractivity contribution in [3.8, 4) is 0 Å². The highest BCUT2D eigenvalue weighted by Crippen LogP contribution is 2.34. The number of hydrazone groups is 1. The van der Waals surface area contributed by atoms with Crippen molar-refractivity contribution in [3.05, 3.63) is 68.1 Å². The number of hydrogen-bond donors (Lipinski definition) is 1. The van der Waals surface area contributed by atoms with Crippen LogP contribution < -0.4 is 15.9 Å². The number of halogens is 2. The van der Waals surface area contributed by atoms with Gasteiger partial charge < -0.3 is 0 Å². The Morgan fingerprint density at radius 2 is 2.12 bits per heavy atom. The Hall–Kier alpha value is -1.83. The van der Waals surface area contributed by atoms with Gasteiger partial charge in [-0.3, -0.25) is 15.1 Å². The molecule has 1 N–H and O–H groups in total. The van der Waals surface area contributed by atoms with Crippen molar-refractivity contribution in [1.29, 1.82) is 0 Å². The Kier molecular flexibility index (Phi) is 4.77. The van der Waals surface area contributed by atoms with Crippen molar-refractivity contribution in [1.82, 2.24) is 10.3 Å². The Labute approximate surface area is 168 Å². The molecular formula is C18H14BrClN4OS. The van der Waals surface area contributed by atoms with Crippen LogP contribution in [0, 0.1) is 0 Å². The molecule has 2 aromatic rings. The molecule has 2 aromatic carbocycles. The number of nitrogens with zero attached hydrogens (tertiary/aromatic N) is 3. The molecule has 5 nitrogen and oxygen atoms in total. The number of amides is 1. The molecular weight excluding hydrogens is 436 g/mol. The van der Waals surface area contributed by atoms with E-state index in [1.54, 1.807) is 5.01 Å². The molecule has 0 saturated carbocycles. The molecule has 2 heterocycles. The first kappa shape index (κ1) is 17.6. The number of carbonyl (C=O) groups is 1. The second kappa shape index (κ2) is 7.06.